The Balaban J connectivity index is 1.50. The molecular formula is C20H30FN3O2. The largest absolute Gasteiger partial charge is 0.382 e. The maximum absolute atomic E-state index is 14.0. The molecule has 1 aliphatic heterocycles. The van der Waals surface area contributed by atoms with Crippen molar-refractivity contribution in [3.05, 3.63) is 35.6 Å². The normalized spacial score (nSPS) is 25.6. The summed E-state index contributed by atoms with van der Waals surface area (Å²) in [6.07, 6.45) is 2.07. The van der Waals surface area contributed by atoms with E-state index in [9.17, 15) is 4.39 Å². The summed E-state index contributed by atoms with van der Waals surface area (Å²) in [4.78, 5) is 6.97. The number of hydrogen-bond donors (Lipinski definition) is 1. The minimum absolute atomic E-state index is 0.106. The van der Waals surface area contributed by atoms with Gasteiger partial charge in [0.1, 0.15) is 5.82 Å². The number of guanidine groups is 1. The van der Waals surface area contributed by atoms with E-state index in [0.717, 1.165) is 50.6 Å². The quantitative estimate of drug-likeness (QED) is 0.438. The predicted molar refractivity (Wildman–Crippen MR) is 101 cm³/mol. The number of likely N-dealkylation sites (tertiary alicyclic amines) is 1. The molecule has 1 N–H and O–H groups in total. The monoisotopic (exact) mass is 363 g/mol. The number of aliphatic imine (C=N–C) groups is 1. The van der Waals surface area contributed by atoms with E-state index in [0.29, 0.717) is 19.1 Å². The lowest BCUT2D eigenvalue weighted by Gasteiger charge is -2.22. The minimum atomic E-state index is -0.106. The molecule has 0 bridgehead atoms. The lowest BCUT2D eigenvalue weighted by molar-refractivity contribution is 0.0536. The van der Waals surface area contributed by atoms with Crippen molar-refractivity contribution < 1.29 is 13.9 Å². The van der Waals surface area contributed by atoms with Crippen LogP contribution in [-0.2, 0) is 9.47 Å². The van der Waals surface area contributed by atoms with Gasteiger partial charge in [0.15, 0.2) is 5.96 Å². The smallest absolute Gasteiger partial charge is 0.194 e. The molecule has 1 saturated carbocycles. The molecular weight excluding hydrogens is 333 g/mol. The fourth-order valence-electron chi connectivity index (χ4n) is 3.58. The van der Waals surface area contributed by atoms with Crippen LogP contribution < -0.4 is 5.32 Å². The number of hydrogen-bond acceptors (Lipinski definition) is 3. The van der Waals surface area contributed by atoms with Gasteiger partial charge in [-0.25, -0.2) is 4.39 Å². The van der Waals surface area contributed by atoms with Crippen LogP contribution in [0.25, 0.3) is 0 Å². The Morgan fingerprint density at radius 2 is 2.19 bits per heavy atom. The van der Waals surface area contributed by atoms with Gasteiger partial charge in [0.05, 0.1) is 19.8 Å². The maximum Gasteiger partial charge on any atom is 0.194 e. The van der Waals surface area contributed by atoms with Crippen molar-refractivity contribution in [1.29, 1.82) is 0 Å². The summed E-state index contributed by atoms with van der Waals surface area (Å²) in [7, 11) is 1.69. The van der Waals surface area contributed by atoms with Gasteiger partial charge >= 0.3 is 0 Å². The molecule has 6 heteroatoms. The molecule has 1 aromatic carbocycles. The first-order chi connectivity index (χ1) is 12.7. The lowest BCUT2D eigenvalue weighted by atomic mass is 10.1. The number of methoxy groups -OCH3 is 1. The Labute approximate surface area is 155 Å². The predicted octanol–water partition coefficient (Wildman–Crippen LogP) is 2.63. The molecule has 1 heterocycles. The molecule has 1 aromatic rings. The van der Waals surface area contributed by atoms with Crippen LogP contribution in [0, 0.1) is 11.7 Å². The molecule has 5 nitrogen and oxygen atoms in total. The van der Waals surface area contributed by atoms with Gasteiger partial charge in [-0.2, -0.15) is 0 Å². The first kappa shape index (κ1) is 19.1. The van der Waals surface area contributed by atoms with Gasteiger partial charge in [-0.15, -0.1) is 0 Å². The molecule has 2 fully saturated rings. The van der Waals surface area contributed by atoms with E-state index in [4.69, 9.17) is 9.47 Å². The van der Waals surface area contributed by atoms with Crippen LogP contribution in [0.15, 0.2) is 29.3 Å². The Kier molecular flexibility index (Phi) is 6.86. The van der Waals surface area contributed by atoms with Crippen LogP contribution in [0.1, 0.15) is 31.2 Å². The van der Waals surface area contributed by atoms with Gasteiger partial charge in [0, 0.05) is 44.6 Å². The molecule has 3 unspecified atom stereocenters. The van der Waals surface area contributed by atoms with Crippen LogP contribution in [0.4, 0.5) is 4.39 Å². The Morgan fingerprint density at radius 3 is 2.96 bits per heavy atom. The van der Waals surface area contributed by atoms with E-state index in [1.54, 1.807) is 19.2 Å². The van der Waals surface area contributed by atoms with Crippen LogP contribution in [0.5, 0.6) is 0 Å². The average molecular weight is 363 g/mol. The minimum Gasteiger partial charge on any atom is -0.382 e. The lowest BCUT2D eigenvalue weighted by Crippen LogP contribution is -2.42. The molecule has 0 amide bonds. The van der Waals surface area contributed by atoms with Crippen LogP contribution in [0.2, 0.25) is 0 Å². The molecule has 0 spiro atoms. The first-order valence-corrected chi connectivity index (χ1v) is 9.60. The highest BCUT2D eigenvalue weighted by molar-refractivity contribution is 5.81. The van der Waals surface area contributed by atoms with Gasteiger partial charge < -0.3 is 19.7 Å². The summed E-state index contributed by atoms with van der Waals surface area (Å²) >= 11 is 0. The highest BCUT2D eigenvalue weighted by Gasteiger charge is 2.41. The van der Waals surface area contributed by atoms with Crippen molar-refractivity contribution >= 4 is 5.96 Å². The van der Waals surface area contributed by atoms with Crippen LogP contribution >= 0.6 is 0 Å². The van der Waals surface area contributed by atoms with Crippen LogP contribution in [0.3, 0.4) is 0 Å². The molecule has 2 aliphatic rings. The maximum atomic E-state index is 14.0. The Bertz CT molecular complexity index is 610. The average Bonchev–Trinajstić information content (AvgIpc) is 3.24. The van der Waals surface area contributed by atoms with Crippen molar-refractivity contribution in [3.8, 4) is 0 Å². The topological polar surface area (TPSA) is 46.1 Å². The molecule has 1 aliphatic carbocycles. The zero-order valence-electron chi connectivity index (χ0n) is 15.8. The second kappa shape index (κ2) is 9.33. The summed E-state index contributed by atoms with van der Waals surface area (Å²) in [6, 6.07) is 7.35. The summed E-state index contributed by atoms with van der Waals surface area (Å²) in [5, 5.41) is 3.56. The molecule has 3 rings (SSSR count). The number of nitrogens with one attached hydrogen (secondary N) is 1. The van der Waals surface area contributed by atoms with Crippen molar-refractivity contribution in [2.45, 2.75) is 31.7 Å². The van der Waals surface area contributed by atoms with E-state index in [-0.39, 0.29) is 17.8 Å². The SMILES string of the molecule is CCN=C(NC1CC1c1ccccc1F)N1CCC(COCCOC)C1. The van der Waals surface area contributed by atoms with E-state index >= 15 is 0 Å². The number of rotatable bonds is 8. The van der Waals surface area contributed by atoms with Gasteiger partial charge in [0.25, 0.3) is 0 Å². The molecule has 1 saturated heterocycles. The third-order valence-electron chi connectivity index (χ3n) is 5.09. The summed E-state index contributed by atoms with van der Waals surface area (Å²) < 4.78 is 24.7. The number of ether oxygens (including phenoxy) is 2. The Hall–Kier alpha value is -1.66. The molecule has 0 radical (unpaired) electrons. The van der Waals surface area contributed by atoms with E-state index in [1.807, 2.05) is 19.1 Å². The van der Waals surface area contributed by atoms with E-state index in [1.165, 1.54) is 0 Å². The number of halogens is 1. The fraction of sp³-hybridized carbons (Fsp3) is 0.650. The third kappa shape index (κ3) is 4.95. The first-order valence-electron chi connectivity index (χ1n) is 9.60. The van der Waals surface area contributed by atoms with Gasteiger partial charge in [-0.3, -0.25) is 4.99 Å². The van der Waals surface area contributed by atoms with Gasteiger partial charge in [0.2, 0.25) is 0 Å². The second-order valence-corrected chi connectivity index (χ2v) is 7.08. The molecule has 144 valence electrons. The van der Waals surface area contributed by atoms with Crippen molar-refractivity contribution in [2.24, 2.45) is 10.9 Å². The van der Waals surface area contributed by atoms with Gasteiger partial charge in [-0.05, 0) is 31.4 Å². The highest BCUT2D eigenvalue weighted by Crippen LogP contribution is 2.42. The number of nitrogens with zero attached hydrogens (tertiary/aromatic N) is 2. The highest BCUT2D eigenvalue weighted by atomic mass is 19.1. The van der Waals surface area contributed by atoms with Gasteiger partial charge in [-0.1, -0.05) is 18.2 Å². The van der Waals surface area contributed by atoms with Crippen molar-refractivity contribution in [3.63, 3.8) is 0 Å². The van der Waals surface area contributed by atoms with Crippen molar-refractivity contribution in [1.82, 2.24) is 10.2 Å². The molecule has 26 heavy (non-hydrogen) atoms. The summed E-state index contributed by atoms with van der Waals surface area (Å²) in [5.41, 5.74) is 0.812. The van der Waals surface area contributed by atoms with E-state index < -0.39 is 0 Å². The fourth-order valence-corrected chi connectivity index (χ4v) is 3.58. The zero-order valence-corrected chi connectivity index (χ0v) is 15.8. The summed E-state index contributed by atoms with van der Waals surface area (Å²) in [5.74, 6) is 1.62. The molecule has 0 aromatic heterocycles. The zero-order chi connectivity index (χ0) is 18.4. The third-order valence-corrected chi connectivity index (χ3v) is 5.09. The van der Waals surface area contributed by atoms with E-state index in [2.05, 4.69) is 15.2 Å². The van der Waals surface area contributed by atoms with Crippen LogP contribution in [-0.4, -0.2) is 63.5 Å². The Morgan fingerprint density at radius 1 is 1.35 bits per heavy atom. The standard InChI is InChI=1S/C20H30FN3O2/c1-3-22-20(24-9-8-15(13-24)14-26-11-10-25-2)23-19-12-17(19)16-6-4-5-7-18(16)21/h4-7,15,17,19H,3,8-14H2,1-2H3,(H,22,23). The number of benzene rings is 1. The summed E-state index contributed by atoms with van der Waals surface area (Å²) in [6.45, 7) is 6.78. The second-order valence-electron chi connectivity index (χ2n) is 7.08. The van der Waals surface area contributed by atoms with Crippen molar-refractivity contribution in [2.75, 3.05) is 46.6 Å². The molecule has 3 atom stereocenters.